The molecular formula is C19H13Cl2FN4O2. The van der Waals surface area contributed by atoms with Crippen LogP contribution in [0.25, 0.3) is 22.5 Å². The first-order chi connectivity index (χ1) is 13.5. The number of fused-ring (bicyclic) bond motifs is 1. The van der Waals surface area contributed by atoms with E-state index in [-0.39, 0.29) is 23.3 Å². The SMILES string of the molecule is O=C(NCCc1nc2ccc(F)cc2[nH]1)c1coc(-c2ccc(Cl)c(Cl)c2)n1. The molecule has 2 heterocycles. The van der Waals surface area contributed by atoms with Gasteiger partial charge in [0.25, 0.3) is 5.91 Å². The number of nitrogens with one attached hydrogen (secondary N) is 2. The summed E-state index contributed by atoms with van der Waals surface area (Å²) in [7, 11) is 0. The molecule has 142 valence electrons. The molecule has 0 bridgehead atoms. The fourth-order valence-corrected chi connectivity index (χ4v) is 2.98. The second-order valence-electron chi connectivity index (χ2n) is 6.02. The third-order valence-electron chi connectivity index (χ3n) is 4.04. The van der Waals surface area contributed by atoms with Gasteiger partial charge >= 0.3 is 0 Å². The lowest BCUT2D eigenvalue weighted by molar-refractivity contribution is 0.0949. The minimum Gasteiger partial charge on any atom is -0.444 e. The minimum absolute atomic E-state index is 0.146. The topological polar surface area (TPSA) is 83.8 Å². The minimum atomic E-state index is -0.378. The van der Waals surface area contributed by atoms with Gasteiger partial charge in [0, 0.05) is 18.5 Å². The van der Waals surface area contributed by atoms with Crippen molar-refractivity contribution in [3.05, 3.63) is 70.0 Å². The predicted molar refractivity (Wildman–Crippen MR) is 104 cm³/mol. The van der Waals surface area contributed by atoms with Crippen molar-refractivity contribution < 1.29 is 13.6 Å². The second-order valence-corrected chi connectivity index (χ2v) is 6.83. The fourth-order valence-electron chi connectivity index (χ4n) is 2.68. The summed E-state index contributed by atoms with van der Waals surface area (Å²) in [5.74, 6) is 0.206. The number of oxazole rings is 1. The Balaban J connectivity index is 1.38. The number of rotatable bonds is 5. The van der Waals surface area contributed by atoms with E-state index in [1.54, 1.807) is 24.3 Å². The molecule has 0 aliphatic carbocycles. The molecule has 9 heteroatoms. The van der Waals surface area contributed by atoms with Crippen LogP contribution in [-0.2, 0) is 6.42 Å². The number of amides is 1. The van der Waals surface area contributed by atoms with Gasteiger partial charge in [-0.2, -0.15) is 0 Å². The summed E-state index contributed by atoms with van der Waals surface area (Å²) < 4.78 is 18.6. The highest BCUT2D eigenvalue weighted by atomic mass is 35.5. The largest absolute Gasteiger partial charge is 0.444 e. The number of benzene rings is 2. The first-order valence-electron chi connectivity index (χ1n) is 8.33. The lowest BCUT2D eigenvalue weighted by atomic mass is 10.2. The van der Waals surface area contributed by atoms with Gasteiger partial charge in [0.1, 0.15) is 17.9 Å². The van der Waals surface area contributed by atoms with E-state index in [4.69, 9.17) is 27.6 Å². The monoisotopic (exact) mass is 418 g/mol. The summed E-state index contributed by atoms with van der Waals surface area (Å²) in [6.45, 7) is 0.329. The van der Waals surface area contributed by atoms with Crippen molar-refractivity contribution in [2.24, 2.45) is 0 Å². The van der Waals surface area contributed by atoms with E-state index in [2.05, 4.69) is 20.3 Å². The first-order valence-corrected chi connectivity index (χ1v) is 9.08. The number of hydrogen-bond acceptors (Lipinski definition) is 4. The van der Waals surface area contributed by atoms with Crippen molar-refractivity contribution >= 4 is 40.1 Å². The summed E-state index contributed by atoms with van der Waals surface area (Å²) in [5.41, 5.74) is 2.05. The predicted octanol–water partition coefficient (Wildman–Crippen LogP) is 4.64. The van der Waals surface area contributed by atoms with Gasteiger partial charge in [-0.05, 0) is 36.4 Å². The van der Waals surface area contributed by atoms with Crippen molar-refractivity contribution in [1.82, 2.24) is 20.3 Å². The molecule has 0 aliphatic heterocycles. The first kappa shape index (κ1) is 18.5. The molecule has 0 radical (unpaired) electrons. The molecule has 6 nitrogen and oxygen atoms in total. The Hall–Kier alpha value is -2.90. The summed E-state index contributed by atoms with van der Waals surface area (Å²) >= 11 is 11.9. The molecule has 4 aromatic rings. The number of imidazole rings is 1. The van der Waals surface area contributed by atoms with Gasteiger partial charge in [0.05, 0.1) is 21.1 Å². The van der Waals surface area contributed by atoms with E-state index in [1.165, 1.54) is 18.4 Å². The Kier molecular flexibility index (Phi) is 5.02. The highest BCUT2D eigenvalue weighted by Crippen LogP contribution is 2.28. The summed E-state index contributed by atoms with van der Waals surface area (Å²) in [5, 5.41) is 3.53. The highest BCUT2D eigenvalue weighted by Gasteiger charge is 2.14. The molecular weight excluding hydrogens is 406 g/mol. The zero-order chi connectivity index (χ0) is 19.7. The molecule has 0 spiro atoms. The van der Waals surface area contributed by atoms with Crippen LogP contribution in [0, 0.1) is 5.82 Å². The average molecular weight is 419 g/mol. The molecule has 0 unspecified atom stereocenters. The van der Waals surface area contributed by atoms with Crippen molar-refractivity contribution in [1.29, 1.82) is 0 Å². The van der Waals surface area contributed by atoms with Crippen LogP contribution in [-0.4, -0.2) is 27.4 Å². The Morgan fingerprint density at radius 1 is 1.14 bits per heavy atom. The van der Waals surface area contributed by atoms with Crippen LogP contribution >= 0.6 is 23.2 Å². The van der Waals surface area contributed by atoms with Gasteiger partial charge in [0.15, 0.2) is 5.69 Å². The Labute approximate surface area is 168 Å². The molecule has 1 amide bonds. The van der Waals surface area contributed by atoms with E-state index in [1.807, 2.05) is 0 Å². The number of aromatic nitrogens is 3. The van der Waals surface area contributed by atoms with Gasteiger partial charge in [-0.1, -0.05) is 23.2 Å². The van der Waals surface area contributed by atoms with Gasteiger partial charge < -0.3 is 14.7 Å². The zero-order valence-corrected chi connectivity index (χ0v) is 15.8. The van der Waals surface area contributed by atoms with E-state index in [0.717, 1.165) is 0 Å². The maximum atomic E-state index is 13.2. The number of nitrogens with zero attached hydrogens (tertiary/aromatic N) is 2. The molecule has 0 fully saturated rings. The van der Waals surface area contributed by atoms with E-state index in [9.17, 15) is 9.18 Å². The van der Waals surface area contributed by atoms with Crippen LogP contribution in [0.15, 0.2) is 47.1 Å². The lowest BCUT2D eigenvalue weighted by Gasteiger charge is -2.00. The molecule has 0 atom stereocenters. The maximum absolute atomic E-state index is 13.2. The second kappa shape index (κ2) is 7.61. The number of aromatic amines is 1. The van der Waals surface area contributed by atoms with Gasteiger partial charge in [-0.15, -0.1) is 0 Å². The van der Waals surface area contributed by atoms with Crippen LogP contribution in [0.5, 0.6) is 0 Å². The molecule has 2 N–H and O–H groups in total. The van der Waals surface area contributed by atoms with Gasteiger partial charge in [-0.3, -0.25) is 4.79 Å². The zero-order valence-electron chi connectivity index (χ0n) is 14.3. The molecule has 0 saturated heterocycles. The lowest BCUT2D eigenvalue weighted by Crippen LogP contribution is -2.26. The molecule has 2 aromatic heterocycles. The smallest absolute Gasteiger partial charge is 0.273 e. The molecule has 0 saturated carbocycles. The van der Waals surface area contributed by atoms with Gasteiger partial charge in [-0.25, -0.2) is 14.4 Å². The van der Waals surface area contributed by atoms with Gasteiger partial charge in [0.2, 0.25) is 5.89 Å². The summed E-state index contributed by atoms with van der Waals surface area (Å²) in [6, 6.07) is 9.27. The molecule has 4 rings (SSSR count). The Bertz CT molecular complexity index is 1170. The standard InChI is InChI=1S/C19H13Cl2FN4O2/c20-12-3-1-10(7-13(12)21)19-26-16(9-28-19)18(27)23-6-5-17-24-14-4-2-11(22)8-15(14)25-17/h1-4,7-9H,5-6H2,(H,23,27)(H,24,25). The van der Waals surface area contributed by atoms with Crippen molar-refractivity contribution in [3.8, 4) is 11.5 Å². The summed E-state index contributed by atoms with van der Waals surface area (Å²) in [6.07, 6.45) is 1.73. The number of carbonyl (C=O) groups is 1. The molecule has 0 aliphatic rings. The van der Waals surface area contributed by atoms with E-state index in [0.29, 0.717) is 45.4 Å². The van der Waals surface area contributed by atoms with Crippen molar-refractivity contribution in [2.45, 2.75) is 6.42 Å². The van der Waals surface area contributed by atoms with Crippen LogP contribution in [0.1, 0.15) is 16.3 Å². The highest BCUT2D eigenvalue weighted by molar-refractivity contribution is 6.42. The van der Waals surface area contributed by atoms with Crippen LogP contribution in [0.2, 0.25) is 10.0 Å². The number of carbonyl (C=O) groups excluding carboxylic acids is 1. The van der Waals surface area contributed by atoms with Crippen LogP contribution < -0.4 is 5.32 Å². The van der Waals surface area contributed by atoms with Crippen LogP contribution in [0.3, 0.4) is 0 Å². The third-order valence-corrected chi connectivity index (χ3v) is 4.78. The average Bonchev–Trinajstić information content (AvgIpc) is 3.30. The van der Waals surface area contributed by atoms with Crippen LogP contribution in [0.4, 0.5) is 4.39 Å². The fraction of sp³-hybridized carbons (Fsp3) is 0.105. The summed E-state index contributed by atoms with van der Waals surface area (Å²) in [4.78, 5) is 23.8. The quantitative estimate of drug-likeness (QED) is 0.494. The van der Waals surface area contributed by atoms with E-state index >= 15 is 0 Å². The number of halogens is 3. The number of hydrogen-bond donors (Lipinski definition) is 2. The Morgan fingerprint density at radius 2 is 2.00 bits per heavy atom. The van der Waals surface area contributed by atoms with Crippen molar-refractivity contribution in [2.75, 3.05) is 6.54 Å². The van der Waals surface area contributed by atoms with Crippen molar-refractivity contribution in [3.63, 3.8) is 0 Å². The molecule has 28 heavy (non-hydrogen) atoms. The normalized spacial score (nSPS) is 11.1. The maximum Gasteiger partial charge on any atom is 0.273 e. The Morgan fingerprint density at radius 3 is 2.82 bits per heavy atom. The third kappa shape index (κ3) is 3.85. The molecule has 2 aromatic carbocycles. The van der Waals surface area contributed by atoms with E-state index < -0.39 is 0 Å². The number of H-pyrrole nitrogens is 1.